The van der Waals surface area contributed by atoms with Gasteiger partial charge in [-0.1, -0.05) is 30.4 Å². The summed E-state index contributed by atoms with van der Waals surface area (Å²) < 4.78 is 1.06. The second-order valence-electron chi connectivity index (χ2n) is 5.60. The lowest BCUT2D eigenvalue weighted by Crippen LogP contribution is -2.45. The number of nitrogens with one attached hydrogen (secondary N) is 1. The Morgan fingerprint density at radius 2 is 2.33 bits per heavy atom. The Bertz CT molecular complexity index is 610. The zero-order valence-electron chi connectivity index (χ0n) is 12.0. The summed E-state index contributed by atoms with van der Waals surface area (Å²) in [4.78, 5) is 18.5. The minimum Gasteiger partial charge on any atom is -0.392 e. The number of hydrogen-bond acceptors (Lipinski definition) is 5. The van der Waals surface area contributed by atoms with Crippen LogP contribution in [-0.4, -0.2) is 46.6 Å². The molecule has 6 heteroatoms. The van der Waals surface area contributed by atoms with Crippen LogP contribution in [0.4, 0.5) is 5.13 Å². The molecule has 1 aliphatic heterocycles. The third kappa shape index (κ3) is 3.40. The Labute approximate surface area is 127 Å². The third-order valence-corrected chi connectivity index (χ3v) is 4.86. The van der Waals surface area contributed by atoms with Gasteiger partial charge < -0.3 is 10.4 Å². The molecule has 5 nitrogen and oxygen atoms in total. The van der Waals surface area contributed by atoms with E-state index in [1.165, 1.54) is 11.3 Å². The number of carbonyl (C=O) groups is 1. The fourth-order valence-corrected chi connectivity index (χ4v) is 3.43. The first-order valence-electron chi connectivity index (χ1n) is 7.17. The molecule has 1 aromatic carbocycles. The summed E-state index contributed by atoms with van der Waals surface area (Å²) in [5.41, 5.74) is 0.903. The molecule has 1 saturated heterocycles. The van der Waals surface area contributed by atoms with Crippen molar-refractivity contribution in [2.24, 2.45) is 5.92 Å². The Morgan fingerprint density at radius 3 is 3.10 bits per heavy atom. The number of anilines is 1. The molecule has 112 valence electrons. The van der Waals surface area contributed by atoms with Gasteiger partial charge in [-0.25, -0.2) is 4.98 Å². The Hall–Kier alpha value is -1.50. The smallest absolute Gasteiger partial charge is 0.240 e. The van der Waals surface area contributed by atoms with Gasteiger partial charge in [0.1, 0.15) is 0 Å². The van der Waals surface area contributed by atoms with E-state index >= 15 is 0 Å². The molecule has 0 saturated carbocycles. The molecule has 0 aliphatic carbocycles. The predicted molar refractivity (Wildman–Crippen MR) is 84.5 cm³/mol. The molecule has 0 spiro atoms. The molecule has 1 amide bonds. The molecule has 1 aromatic heterocycles. The molecular formula is C15H19N3O2S. The first-order valence-corrected chi connectivity index (χ1v) is 7.99. The predicted octanol–water partition coefficient (Wildman–Crippen LogP) is 1.94. The standard InChI is InChI=1S/C15H19N3O2S/c1-10-6-7-18(8-12(10)19)9-14(20)17-15-16-11-4-2-3-5-13(11)21-15/h2-5,10,12,19H,6-9H2,1H3,(H,16,17,20). The molecule has 0 radical (unpaired) electrons. The minimum absolute atomic E-state index is 0.0733. The first-order chi connectivity index (χ1) is 10.1. The molecule has 2 atom stereocenters. The van der Waals surface area contributed by atoms with Gasteiger partial charge in [0.25, 0.3) is 0 Å². The van der Waals surface area contributed by atoms with Crippen LogP contribution in [0.15, 0.2) is 24.3 Å². The lowest BCUT2D eigenvalue weighted by molar-refractivity contribution is -0.118. The van der Waals surface area contributed by atoms with E-state index in [2.05, 4.69) is 10.3 Å². The van der Waals surface area contributed by atoms with E-state index < -0.39 is 0 Å². The van der Waals surface area contributed by atoms with Crippen LogP contribution in [0.5, 0.6) is 0 Å². The number of aliphatic hydroxyl groups is 1. The summed E-state index contributed by atoms with van der Waals surface area (Å²) in [6, 6.07) is 7.82. The maximum Gasteiger partial charge on any atom is 0.240 e. The second kappa shape index (κ2) is 6.09. The number of benzene rings is 1. The van der Waals surface area contributed by atoms with Gasteiger partial charge in [0.15, 0.2) is 5.13 Å². The highest BCUT2D eigenvalue weighted by Gasteiger charge is 2.25. The summed E-state index contributed by atoms with van der Waals surface area (Å²) in [6.45, 7) is 3.77. The SMILES string of the molecule is CC1CCN(CC(=O)Nc2nc3ccccc3s2)CC1O. The number of amides is 1. The number of hydrogen-bond donors (Lipinski definition) is 2. The quantitative estimate of drug-likeness (QED) is 0.909. The Kier molecular flexibility index (Phi) is 4.19. The van der Waals surface area contributed by atoms with Crippen molar-refractivity contribution in [3.05, 3.63) is 24.3 Å². The molecule has 0 bridgehead atoms. The number of para-hydroxylation sites is 1. The highest BCUT2D eigenvalue weighted by Crippen LogP contribution is 2.25. The van der Waals surface area contributed by atoms with Crippen molar-refractivity contribution in [3.63, 3.8) is 0 Å². The molecule has 1 fully saturated rings. The number of likely N-dealkylation sites (tertiary alicyclic amines) is 1. The van der Waals surface area contributed by atoms with Crippen LogP contribution in [0.25, 0.3) is 10.2 Å². The number of carbonyl (C=O) groups excluding carboxylic acids is 1. The molecule has 2 heterocycles. The highest BCUT2D eigenvalue weighted by molar-refractivity contribution is 7.22. The Morgan fingerprint density at radius 1 is 1.52 bits per heavy atom. The maximum absolute atomic E-state index is 12.1. The number of fused-ring (bicyclic) bond motifs is 1. The lowest BCUT2D eigenvalue weighted by atomic mass is 9.96. The monoisotopic (exact) mass is 305 g/mol. The van der Waals surface area contributed by atoms with E-state index in [1.54, 1.807) is 0 Å². The number of rotatable bonds is 3. The van der Waals surface area contributed by atoms with Crippen LogP contribution >= 0.6 is 11.3 Å². The number of thiazole rings is 1. The highest BCUT2D eigenvalue weighted by atomic mass is 32.1. The van der Waals surface area contributed by atoms with Crippen LogP contribution in [-0.2, 0) is 4.79 Å². The van der Waals surface area contributed by atoms with Crippen molar-refractivity contribution >= 4 is 32.6 Å². The second-order valence-corrected chi connectivity index (χ2v) is 6.63. The van der Waals surface area contributed by atoms with Gasteiger partial charge in [-0.3, -0.25) is 9.69 Å². The van der Waals surface area contributed by atoms with Crippen molar-refractivity contribution in [2.75, 3.05) is 25.0 Å². The lowest BCUT2D eigenvalue weighted by Gasteiger charge is -2.33. The van der Waals surface area contributed by atoms with Crippen molar-refractivity contribution in [1.82, 2.24) is 9.88 Å². The molecule has 3 rings (SSSR count). The summed E-state index contributed by atoms with van der Waals surface area (Å²) in [6.07, 6.45) is 0.587. The summed E-state index contributed by atoms with van der Waals surface area (Å²) >= 11 is 1.48. The molecule has 1 aliphatic rings. The van der Waals surface area contributed by atoms with Gasteiger partial charge in [-0.05, 0) is 31.0 Å². The van der Waals surface area contributed by atoms with Crippen LogP contribution in [0.3, 0.4) is 0 Å². The van der Waals surface area contributed by atoms with Crippen molar-refractivity contribution in [2.45, 2.75) is 19.4 Å². The van der Waals surface area contributed by atoms with Crippen LogP contribution in [0.2, 0.25) is 0 Å². The number of aliphatic hydroxyl groups excluding tert-OH is 1. The van der Waals surface area contributed by atoms with Crippen molar-refractivity contribution in [3.8, 4) is 0 Å². The van der Waals surface area contributed by atoms with Crippen molar-refractivity contribution in [1.29, 1.82) is 0 Å². The molecule has 2 aromatic rings. The van der Waals surface area contributed by atoms with Crippen LogP contribution < -0.4 is 5.32 Å². The van der Waals surface area contributed by atoms with E-state index in [4.69, 9.17) is 0 Å². The molecule has 21 heavy (non-hydrogen) atoms. The first kappa shape index (κ1) is 14.4. The topological polar surface area (TPSA) is 65.5 Å². The summed E-state index contributed by atoms with van der Waals surface area (Å²) in [5.74, 6) is 0.240. The third-order valence-electron chi connectivity index (χ3n) is 3.91. The zero-order valence-corrected chi connectivity index (χ0v) is 12.8. The average Bonchev–Trinajstić information content (AvgIpc) is 2.84. The number of β-amino-alcohol motifs (C(OH)–C–C–N with tert-alkyl or cyclic N) is 1. The fourth-order valence-electron chi connectivity index (χ4n) is 2.55. The van der Waals surface area contributed by atoms with E-state index in [1.807, 2.05) is 36.1 Å². The minimum atomic E-state index is -0.339. The van der Waals surface area contributed by atoms with Gasteiger partial charge >= 0.3 is 0 Å². The average molecular weight is 305 g/mol. The van der Waals surface area contributed by atoms with Gasteiger partial charge in [0, 0.05) is 6.54 Å². The normalized spacial score (nSPS) is 23.3. The van der Waals surface area contributed by atoms with Gasteiger partial charge in [-0.2, -0.15) is 0 Å². The van der Waals surface area contributed by atoms with Gasteiger partial charge in [0.05, 0.1) is 22.9 Å². The largest absolute Gasteiger partial charge is 0.392 e. The molecular weight excluding hydrogens is 286 g/mol. The van der Waals surface area contributed by atoms with E-state index in [0.717, 1.165) is 23.2 Å². The van der Waals surface area contributed by atoms with E-state index in [-0.39, 0.29) is 12.0 Å². The number of aromatic nitrogens is 1. The zero-order chi connectivity index (χ0) is 14.8. The maximum atomic E-state index is 12.1. The van der Waals surface area contributed by atoms with E-state index in [0.29, 0.717) is 24.1 Å². The molecule has 2 unspecified atom stereocenters. The summed E-state index contributed by atoms with van der Waals surface area (Å²) in [5, 5.41) is 13.3. The van der Waals surface area contributed by atoms with Crippen LogP contribution in [0.1, 0.15) is 13.3 Å². The number of nitrogens with zero attached hydrogens (tertiary/aromatic N) is 2. The Balaban J connectivity index is 1.59. The van der Waals surface area contributed by atoms with Crippen LogP contribution in [0, 0.1) is 5.92 Å². The van der Waals surface area contributed by atoms with Gasteiger partial charge in [-0.15, -0.1) is 0 Å². The fraction of sp³-hybridized carbons (Fsp3) is 0.467. The number of piperidine rings is 1. The molecule has 2 N–H and O–H groups in total. The van der Waals surface area contributed by atoms with Gasteiger partial charge in [0.2, 0.25) is 5.91 Å². The van der Waals surface area contributed by atoms with E-state index in [9.17, 15) is 9.90 Å². The summed E-state index contributed by atoms with van der Waals surface area (Å²) in [7, 11) is 0. The van der Waals surface area contributed by atoms with Crippen molar-refractivity contribution < 1.29 is 9.90 Å².